The second-order valence-electron chi connectivity index (χ2n) is 4.43. The van der Waals surface area contributed by atoms with Crippen molar-refractivity contribution < 1.29 is 14.3 Å². The van der Waals surface area contributed by atoms with Crippen molar-refractivity contribution in [2.24, 2.45) is 5.92 Å². The number of carbonyl (C=O) groups is 2. The number of piperidine rings is 2. The van der Waals surface area contributed by atoms with Crippen LogP contribution in [0.5, 0.6) is 0 Å². The first-order valence-electron chi connectivity index (χ1n) is 5.63. The number of hydrogen-bond donors (Lipinski definition) is 1. The van der Waals surface area contributed by atoms with Crippen LogP contribution in [0, 0.1) is 5.92 Å². The topological polar surface area (TPSA) is 55.4 Å². The third-order valence-corrected chi connectivity index (χ3v) is 3.18. The van der Waals surface area contributed by atoms with Gasteiger partial charge >= 0.3 is 5.97 Å². The van der Waals surface area contributed by atoms with E-state index in [4.69, 9.17) is 4.74 Å². The maximum atomic E-state index is 11.6. The van der Waals surface area contributed by atoms with Gasteiger partial charge in [0.2, 0.25) is 0 Å². The monoisotopic (exact) mass is 247 g/mol. The zero-order chi connectivity index (χ0) is 10.8. The molecule has 0 aliphatic carbocycles. The van der Waals surface area contributed by atoms with Gasteiger partial charge in [-0.05, 0) is 19.8 Å². The molecule has 2 heterocycles. The third kappa shape index (κ3) is 2.95. The van der Waals surface area contributed by atoms with Gasteiger partial charge in [0, 0.05) is 24.9 Å². The molecule has 2 saturated heterocycles. The Morgan fingerprint density at radius 3 is 2.44 bits per heavy atom. The highest BCUT2D eigenvalue weighted by Crippen LogP contribution is 2.28. The maximum Gasteiger partial charge on any atom is 0.309 e. The molecule has 2 bridgehead atoms. The van der Waals surface area contributed by atoms with Crippen LogP contribution in [0.25, 0.3) is 0 Å². The molecule has 92 valence electrons. The molecule has 2 aliphatic rings. The summed E-state index contributed by atoms with van der Waals surface area (Å²) in [6.07, 6.45) is 2.65. The largest absolute Gasteiger partial charge is 0.466 e. The highest BCUT2D eigenvalue weighted by Gasteiger charge is 2.37. The molecule has 0 amide bonds. The number of rotatable bonds is 2. The summed E-state index contributed by atoms with van der Waals surface area (Å²) in [6.45, 7) is 2.26. The molecular weight excluding hydrogens is 230 g/mol. The fraction of sp³-hybridized carbons (Fsp3) is 0.818. The Balaban J connectivity index is 0.00000128. The molecule has 0 aromatic rings. The molecule has 0 aromatic carbocycles. The highest BCUT2D eigenvalue weighted by molar-refractivity contribution is 5.85. The SMILES string of the molecule is CCOC(=O)C1CC2CC(=O)CC(C1)N2.Cl. The number of carbonyl (C=O) groups excluding carboxylic acids is 2. The molecule has 4 nitrogen and oxygen atoms in total. The van der Waals surface area contributed by atoms with Crippen LogP contribution in [-0.4, -0.2) is 30.4 Å². The lowest BCUT2D eigenvalue weighted by Crippen LogP contribution is -2.52. The molecule has 2 aliphatic heterocycles. The summed E-state index contributed by atoms with van der Waals surface area (Å²) in [6, 6.07) is 0.388. The summed E-state index contributed by atoms with van der Waals surface area (Å²) in [4.78, 5) is 22.9. The van der Waals surface area contributed by atoms with E-state index in [1.54, 1.807) is 0 Å². The minimum Gasteiger partial charge on any atom is -0.466 e. The predicted molar refractivity (Wildman–Crippen MR) is 61.6 cm³/mol. The van der Waals surface area contributed by atoms with Gasteiger partial charge in [0.05, 0.1) is 12.5 Å². The number of Topliss-reactive ketones (excluding diaryl/α,β-unsaturated/α-hetero) is 1. The van der Waals surface area contributed by atoms with Crippen LogP contribution in [0.1, 0.15) is 32.6 Å². The van der Waals surface area contributed by atoms with Crippen molar-refractivity contribution >= 4 is 24.2 Å². The molecule has 2 fully saturated rings. The van der Waals surface area contributed by atoms with Gasteiger partial charge in [-0.25, -0.2) is 0 Å². The van der Waals surface area contributed by atoms with Gasteiger partial charge in [0.25, 0.3) is 0 Å². The first-order valence-corrected chi connectivity index (χ1v) is 5.63. The average Bonchev–Trinajstić information content (AvgIpc) is 2.16. The predicted octanol–water partition coefficient (Wildman–Crippen LogP) is 1.07. The summed E-state index contributed by atoms with van der Waals surface area (Å²) in [5.41, 5.74) is 0. The molecule has 0 aromatic heterocycles. The molecule has 0 radical (unpaired) electrons. The van der Waals surface area contributed by atoms with Crippen LogP contribution < -0.4 is 5.32 Å². The first kappa shape index (κ1) is 13.5. The van der Waals surface area contributed by atoms with Gasteiger partial charge in [-0.2, -0.15) is 0 Å². The van der Waals surface area contributed by atoms with Crippen LogP contribution in [0.4, 0.5) is 0 Å². The third-order valence-electron chi connectivity index (χ3n) is 3.18. The second-order valence-corrected chi connectivity index (χ2v) is 4.43. The smallest absolute Gasteiger partial charge is 0.309 e. The second kappa shape index (κ2) is 5.64. The van der Waals surface area contributed by atoms with Crippen molar-refractivity contribution in [2.75, 3.05) is 6.61 Å². The van der Waals surface area contributed by atoms with Crippen molar-refractivity contribution in [3.8, 4) is 0 Å². The molecular formula is C11H18ClNO3. The molecule has 2 atom stereocenters. The normalized spacial score (nSPS) is 32.8. The van der Waals surface area contributed by atoms with Crippen molar-refractivity contribution in [3.05, 3.63) is 0 Å². The van der Waals surface area contributed by atoms with Crippen molar-refractivity contribution in [1.29, 1.82) is 0 Å². The van der Waals surface area contributed by atoms with Gasteiger partial charge in [-0.15, -0.1) is 12.4 Å². The number of ether oxygens (including phenoxy) is 1. The number of ketones is 1. The Kier molecular flexibility index (Phi) is 4.74. The van der Waals surface area contributed by atoms with E-state index in [2.05, 4.69) is 5.32 Å². The lowest BCUT2D eigenvalue weighted by Gasteiger charge is -2.38. The summed E-state index contributed by atoms with van der Waals surface area (Å²) in [7, 11) is 0. The van der Waals surface area contributed by atoms with Gasteiger partial charge in [0.1, 0.15) is 5.78 Å². The van der Waals surface area contributed by atoms with E-state index in [-0.39, 0.29) is 36.4 Å². The number of esters is 1. The lowest BCUT2D eigenvalue weighted by atomic mass is 9.80. The lowest BCUT2D eigenvalue weighted by molar-refractivity contribution is -0.150. The Hall–Kier alpha value is -0.610. The molecule has 0 saturated carbocycles. The Labute approximate surface area is 102 Å². The number of fused-ring (bicyclic) bond motifs is 2. The van der Waals surface area contributed by atoms with Crippen LogP contribution >= 0.6 is 12.4 Å². The van der Waals surface area contributed by atoms with Crippen LogP contribution in [0.3, 0.4) is 0 Å². The van der Waals surface area contributed by atoms with Crippen LogP contribution in [-0.2, 0) is 14.3 Å². The summed E-state index contributed by atoms with van der Waals surface area (Å²) in [5, 5.41) is 3.38. The zero-order valence-electron chi connectivity index (χ0n) is 9.40. The average molecular weight is 248 g/mol. The summed E-state index contributed by atoms with van der Waals surface area (Å²) < 4.78 is 5.02. The van der Waals surface area contributed by atoms with Crippen LogP contribution in [0.15, 0.2) is 0 Å². The summed E-state index contributed by atoms with van der Waals surface area (Å²) >= 11 is 0. The van der Waals surface area contributed by atoms with Gasteiger partial charge in [-0.3, -0.25) is 9.59 Å². The Morgan fingerprint density at radius 2 is 1.94 bits per heavy atom. The molecule has 16 heavy (non-hydrogen) atoms. The van der Waals surface area contributed by atoms with E-state index in [0.717, 1.165) is 12.8 Å². The first-order chi connectivity index (χ1) is 7.19. The Bertz CT molecular complexity index is 266. The number of halogens is 1. The minimum atomic E-state index is -0.0941. The highest BCUT2D eigenvalue weighted by atomic mass is 35.5. The molecule has 1 N–H and O–H groups in total. The standard InChI is InChI=1S/C11H17NO3.ClH/c1-2-15-11(14)7-3-8-5-10(13)6-9(4-7)12-8;/h7-9,12H,2-6H2,1H3;1H. The fourth-order valence-electron chi connectivity index (χ4n) is 2.62. The van der Waals surface area contributed by atoms with Crippen molar-refractivity contribution in [3.63, 3.8) is 0 Å². The van der Waals surface area contributed by atoms with E-state index in [9.17, 15) is 9.59 Å². The van der Waals surface area contributed by atoms with E-state index in [0.29, 0.717) is 25.2 Å². The van der Waals surface area contributed by atoms with Crippen molar-refractivity contribution in [1.82, 2.24) is 5.32 Å². The molecule has 0 spiro atoms. The molecule has 2 rings (SSSR count). The Morgan fingerprint density at radius 1 is 1.38 bits per heavy atom. The maximum absolute atomic E-state index is 11.6. The zero-order valence-corrected chi connectivity index (χ0v) is 10.2. The summed E-state index contributed by atoms with van der Waals surface area (Å²) in [5.74, 6) is 0.226. The van der Waals surface area contributed by atoms with Crippen LogP contribution in [0.2, 0.25) is 0 Å². The van der Waals surface area contributed by atoms with Gasteiger partial charge in [-0.1, -0.05) is 0 Å². The quantitative estimate of drug-likeness (QED) is 0.742. The van der Waals surface area contributed by atoms with Gasteiger partial charge in [0.15, 0.2) is 0 Å². The van der Waals surface area contributed by atoms with E-state index < -0.39 is 0 Å². The molecule has 5 heteroatoms. The van der Waals surface area contributed by atoms with Gasteiger partial charge < -0.3 is 10.1 Å². The number of hydrogen-bond acceptors (Lipinski definition) is 4. The minimum absolute atomic E-state index is 0. The molecule has 2 unspecified atom stereocenters. The number of nitrogens with one attached hydrogen (secondary N) is 1. The van der Waals surface area contributed by atoms with Crippen molar-refractivity contribution in [2.45, 2.75) is 44.7 Å². The fourth-order valence-corrected chi connectivity index (χ4v) is 2.62. The van der Waals surface area contributed by atoms with E-state index >= 15 is 0 Å². The van der Waals surface area contributed by atoms with E-state index in [1.165, 1.54) is 0 Å². The van der Waals surface area contributed by atoms with E-state index in [1.807, 2.05) is 6.92 Å².